The van der Waals surface area contributed by atoms with Gasteiger partial charge >= 0.3 is 0 Å². The van der Waals surface area contributed by atoms with Crippen LogP contribution < -0.4 is 11.3 Å². The molecule has 0 bridgehead atoms. The highest BCUT2D eigenvalue weighted by atomic mass is 16.1. The van der Waals surface area contributed by atoms with Crippen molar-refractivity contribution in [3.05, 3.63) is 16.2 Å². The molecular formula is C10H15N5O. The zero-order chi connectivity index (χ0) is 11.7. The number of rotatable bonds is 3. The van der Waals surface area contributed by atoms with Crippen molar-refractivity contribution >= 4 is 17.1 Å². The molecule has 0 saturated carbocycles. The van der Waals surface area contributed by atoms with Crippen LogP contribution in [0.15, 0.2) is 4.79 Å². The minimum atomic E-state index is -0.273. The van der Waals surface area contributed by atoms with Crippen LogP contribution in [-0.4, -0.2) is 19.9 Å². The van der Waals surface area contributed by atoms with Crippen molar-refractivity contribution < 1.29 is 0 Å². The molecule has 2 aromatic heterocycles. The van der Waals surface area contributed by atoms with Gasteiger partial charge in [0.15, 0.2) is 11.2 Å². The normalized spacial score (nSPS) is 13.1. The monoisotopic (exact) mass is 221 g/mol. The number of hydrogen-bond donors (Lipinski definition) is 3. The first-order chi connectivity index (χ1) is 7.60. The van der Waals surface area contributed by atoms with Gasteiger partial charge in [0.1, 0.15) is 5.82 Å². The summed E-state index contributed by atoms with van der Waals surface area (Å²) in [6.07, 6.45) is 1.88. The Labute approximate surface area is 92.3 Å². The van der Waals surface area contributed by atoms with Crippen molar-refractivity contribution in [1.29, 1.82) is 0 Å². The highest BCUT2D eigenvalue weighted by Gasteiger charge is 2.10. The maximum Gasteiger partial charge on any atom is 0.278 e. The average molecular weight is 221 g/mol. The zero-order valence-corrected chi connectivity index (χ0v) is 9.37. The Morgan fingerprint density at radius 3 is 2.81 bits per heavy atom. The van der Waals surface area contributed by atoms with E-state index in [2.05, 4.69) is 33.8 Å². The molecule has 0 radical (unpaired) electrons. The zero-order valence-electron chi connectivity index (χ0n) is 9.37. The lowest BCUT2D eigenvalue weighted by atomic mass is 10.1. The molecule has 1 atom stereocenters. The largest absolute Gasteiger partial charge is 0.369 e. The third kappa shape index (κ3) is 1.91. The van der Waals surface area contributed by atoms with Crippen LogP contribution in [-0.2, 0) is 6.42 Å². The fraction of sp³-hybridized carbons (Fsp3) is 0.500. The third-order valence-electron chi connectivity index (χ3n) is 2.67. The van der Waals surface area contributed by atoms with Gasteiger partial charge in [-0.2, -0.15) is 4.98 Å². The standard InChI is InChI=1S/C10H15N5O/c1-3-5(2)4-6-12-7-8(13-6)14-10(11)15-9(7)16/h5H,3-4H2,1-2H3,(H4,11,12,13,14,15,16). The number of aromatic amines is 2. The van der Waals surface area contributed by atoms with E-state index in [1.54, 1.807) is 0 Å². The summed E-state index contributed by atoms with van der Waals surface area (Å²) in [5.74, 6) is 1.41. The van der Waals surface area contributed by atoms with Gasteiger partial charge in [-0.05, 0) is 5.92 Å². The van der Waals surface area contributed by atoms with Crippen LogP contribution in [0.3, 0.4) is 0 Å². The molecule has 0 amide bonds. The number of fused-ring (bicyclic) bond motifs is 1. The SMILES string of the molecule is CCC(C)Cc1nc2nc(N)[nH]c(=O)c2[nH]1. The minimum Gasteiger partial charge on any atom is -0.369 e. The van der Waals surface area contributed by atoms with E-state index in [1.165, 1.54) is 0 Å². The lowest BCUT2D eigenvalue weighted by Crippen LogP contribution is -2.10. The van der Waals surface area contributed by atoms with E-state index < -0.39 is 0 Å². The Morgan fingerprint density at radius 1 is 1.38 bits per heavy atom. The second-order valence-electron chi connectivity index (χ2n) is 4.05. The first kappa shape index (κ1) is 10.7. The molecule has 0 aliphatic carbocycles. The number of nitrogen functional groups attached to an aromatic ring is 1. The summed E-state index contributed by atoms with van der Waals surface area (Å²) in [6, 6.07) is 0. The van der Waals surface area contributed by atoms with Crippen LogP contribution in [0.5, 0.6) is 0 Å². The summed E-state index contributed by atoms with van der Waals surface area (Å²) < 4.78 is 0. The fourth-order valence-corrected chi connectivity index (χ4v) is 1.54. The van der Waals surface area contributed by atoms with Gasteiger partial charge in [-0.1, -0.05) is 20.3 Å². The highest BCUT2D eigenvalue weighted by Crippen LogP contribution is 2.11. The van der Waals surface area contributed by atoms with E-state index in [0.717, 1.165) is 18.7 Å². The first-order valence-electron chi connectivity index (χ1n) is 5.34. The van der Waals surface area contributed by atoms with E-state index in [0.29, 0.717) is 17.1 Å². The Morgan fingerprint density at radius 2 is 2.12 bits per heavy atom. The molecule has 1 unspecified atom stereocenters. The number of anilines is 1. The van der Waals surface area contributed by atoms with Crippen LogP contribution in [0, 0.1) is 5.92 Å². The minimum absolute atomic E-state index is 0.0964. The topological polar surface area (TPSA) is 100 Å². The van der Waals surface area contributed by atoms with Gasteiger partial charge in [-0.15, -0.1) is 0 Å². The molecule has 0 saturated heterocycles. The average Bonchev–Trinajstić information content (AvgIpc) is 2.60. The second kappa shape index (κ2) is 3.96. The van der Waals surface area contributed by atoms with Crippen LogP contribution in [0.1, 0.15) is 26.1 Å². The van der Waals surface area contributed by atoms with Gasteiger partial charge in [-0.3, -0.25) is 9.78 Å². The van der Waals surface area contributed by atoms with Gasteiger partial charge in [-0.25, -0.2) is 4.98 Å². The number of nitrogens with zero attached hydrogens (tertiary/aromatic N) is 2. The molecule has 0 fully saturated rings. The van der Waals surface area contributed by atoms with E-state index in [1.807, 2.05) is 0 Å². The summed E-state index contributed by atoms with van der Waals surface area (Å²) in [4.78, 5) is 25.2. The molecule has 6 heteroatoms. The highest BCUT2D eigenvalue weighted by molar-refractivity contribution is 5.70. The van der Waals surface area contributed by atoms with Gasteiger partial charge in [0.25, 0.3) is 5.56 Å². The predicted molar refractivity (Wildman–Crippen MR) is 62.1 cm³/mol. The smallest absolute Gasteiger partial charge is 0.278 e. The molecule has 16 heavy (non-hydrogen) atoms. The fourth-order valence-electron chi connectivity index (χ4n) is 1.54. The van der Waals surface area contributed by atoms with Gasteiger partial charge in [0.2, 0.25) is 5.95 Å². The Bertz CT molecular complexity index is 556. The molecule has 86 valence electrons. The van der Waals surface area contributed by atoms with Crippen LogP contribution >= 0.6 is 0 Å². The van der Waals surface area contributed by atoms with Gasteiger partial charge in [0, 0.05) is 6.42 Å². The molecule has 0 spiro atoms. The van der Waals surface area contributed by atoms with Gasteiger partial charge in [0.05, 0.1) is 0 Å². The lowest BCUT2D eigenvalue weighted by molar-refractivity contribution is 0.547. The molecule has 0 aliphatic rings. The summed E-state index contributed by atoms with van der Waals surface area (Å²) >= 11 is 0. The molecule has 0 aliphatic heterocycles. The second-order valence-corrected chi connectivity index (χ2v) is 4.05. The van der Waals surface area contributed by atoms with Crippen LogP contribution in [0.25, 0.3) is 11.2 Å². The molecule has 2 aromatic rings. The quantitative estimate of drug-likeness (QED) is 0.714. The number of nitrogens with one attached hydrogen (secondary N) is 2. The number of nitrogens with two attached hydrogens (primary N) is 1. The van der Waals surface area contributed by atoms with Crippen molar-refractivity contribution in [3.8, 4) is 0 Å². The number of imidazole rings is 1. The molecule has 0 aromatic carbocycles. The first-order valence-corrected chi connectivity index (χ1v) is 5.34. The van der Waals surface area contributed by atoms with E-state index >= 15 is 0 Å². The van der Waals surface area contributed by atoms with E-state index in [-0.39, 0.29) is 11.5 Å². The van der Waals surface area contributed by atoms with Crippen LogP contribution in [0.2, 0.25) is 0 Å². The molecular weight excluding hydrogens is 206 g/mol. The molecule has 2 rings (SSSR count). The van der Waals surface area contributed by atoms with Crippen molar-refractivity contribution in [2.75, 3.05) is 5.73 Å². The van der Waals surface area contributed by atoms with E-state index in [9.17, 15) is 4.79 Å². The summed E-state index contributed by atoms with van der Waals surface area (Å²) in [7, 11) is 0. The maximum absolute atomic E-state index is 11.5. The lowest BCUT2D eigenvalue weighted by Gasteiger charge is -2.03. The van der Waals surface area contributed by atoms with Crippen LogP contribution in [0.4, 0.5) is 5.95 Å². The van der Waals surface area contributed by atoms with Crippen molar-refractivity contribution in [3.63, 3.8) is 0 Å². The molecule has 6 nitrogen and oxygen atoms in total. The summed E-state index contributed by atoms with van der Waals surface area (Å²) in [5, 5.41) is 0. The van der Waals surface area contributed by atoms with Crippen molar-refractivity contribution in [1.82, 2.24) is 19.9 Å². The maximum atomic E-state index is 11.5. The Balaban J connectivity index is 2.44. The third-order valence-corrected chi connectivity index (χ3v) is 2.67. The van der Waals surface area contributed by atoms with E-state index in [4.69, 9.17) is 5.73 Å². The summed E-state index contributed by atoms with van der Waals surface area (Å²) in [6.45, 7) is 4.26. The summed E-state index contributed by atoms with van der Waals surface area (Å²) in [5.41, 5.74) is 5.95. The number of hydrogen-bond acceptors (Lipinski definition) is 4. The van der Waals surface area contributed by atoms with Gasteiger partial charge < -0.3 is 10.7 Å². The Kier molecular flexibility index (Phi) is 2.64. The molecule has 4 N–H and O–H groups in total. The Hall–Kier alpha value is -1.85. The predicted octanol–water partition coefficient (Wildman–Crippen LogP) is 0.817. The molecule has 2 heterocycles. The van der Waals surface area contributed by atoms with Crippen molar-refractivity contribution in [2.45, 2.75) is 26.7 Å². The number of aromatic nitrogens is 4. The van der Waals surface area contributed by atoms with Crippen molar-refractivity contribution in [2.24, 2.45) is 5.92 Å². The number of H-pyrrole nitrogens is 2.